The van der Waals surface area contributed by atoms with Gasteiger partial charge in [0.2, 0.25) is 0 Å². The molecular weight excluding hydrogens is 288 g/mol. The molecule has 0 fully saturated rings. The first-order chi connectivity index (χ1) is 10.3. The average Bonchev–Trinajstić information content (AvgIpc) is 2.97. The first kappa shape index (κ1) is 13.6. The minimum atomic E-state index is 0.395. The van der Waals surface area contributed by atoms with Gasteiger partial charge in [-0.3, -0.25) is 0 Å². The van der Waals surface area contributed by atoms with Crippen molar-refractivity contribution in [2.75, 3.05) is 10.9 Å². The van der Waals surface area contributed by atoms with Gasteiger partial charge in [0, 0.05) is 5.75 Å². The van der Waals surface area contributed by atoms with Gasteiger partial charge < -0.3 is 15.8 Å². The molecule has 108 valence electrons. The Hall–Kier alpha value is -2.36. The number of nitrogen functional groups attached to an aromatic ring is 2. The van der Waals surface area contributed by atoms with Crippen molar-refractivity contribution in [3.05, 3.63) is 35.9 Å². The van der Waals surface area contributed by atoms with Crippen molar-refractivity contribution in [2.45, 2.75) is 10.9 Å². The Morgan fingerprint density at radius 2 is 1.76 bits per heavy atom. The van der Waals surface area contributed by atoms with Gasteiger partial charge in [-0.25, -0.2) is 16.7 Å². The molecule has 0 aliphatic carbocycles. The fourth-order valence-corrected chi connectivity index (χ4v) is 2.71. The van der Waals surface area contributed by atoms with Crippen LogP contribution in [0.3, 0.4) is 0 Å². The fraction of sp³-hybridized carbons (Fsp3) is 0.0833. The lowest BCUT2D eigenvalue weighted by molar-refractivity contribution is 1.02. The first-order valence-corrected chi connectivity index (χ1v) is 7.16. The van der Waals surface area contributed by atoms with Gasteiger partial charge in [-0.15, -0.1) is 10.2 Å². The number of aromatic nitrogens is 4. The molecule has 0 aliphatic rings. The van der Waals surface area contributed by atoms with Gasteiger partial charge in [-0.05, 0) is 5.56 Å². The van der Waals surface area contributed by atoms with E-state index in [0.29, 0.717) is 22.7 Å². The smallest absolute Gasteiger partial charge is 0.191 e. The second-order valence-corrected chi connectivity index (χ2v) is 5.19. The van der Waals surface area contributed by atoms with Gasteiger partial charge in [0.25, 0.3) is 0 Å². The van der Waals surface area contributed by atoms with E-state index >= 15 is 0 Å². The molecule has 7 N–H and O–H groups in total. The van der Waals surface area contributed by atoms with E-state index in [9.17, 15) is 0 Å². The van der Waals surface area contributed by atoms with E-state index in [1.165, 1.54) is 5.56 Å². The number of nitrogens with zero attached hydrogens (tertiary/aromatic N) is 3. The van der Waals surface area contributed by atoms with Crippen molar-refractivity contribution in [2.24, 2.45) is 11.7 Å². The number of imidazole rings is 1. The van der Waals surface area contributed by atoms with Crippen LogP contribution in [0.25, 0.3) is 11.0 Å². The van der Waals surface area contributed by atoms with Crippen molar-refractivity contribution in [1.29, 1.82) is 0 Å². The highest BCUT2D eigenvalue weighted by Crippen LogP contribution is 2.28. The summed E-state index contributed by atoms with van der Waals surface area (Å²) in [6.07, 6.45) is 0. The Morgan fingerprint density at radius 3 is 2.48 bits per heavy atom. The number of hydrazine groups is 2. The number of hydrogen-bond acceptors (Lipinski definition) is 8. The summed E-state index contributed by atoms with van der Waals surface area (Å²) in [5.74, 6) is 12.5. The zero-order chi connectivity index (χ0) is 14.7. The summed E-state index contributed by atoms with van der Waals surface area (Å²) in [4.78, 5) is 7.65. The van der Waals surface area contributed by atoms with Crippen molar-refractivity contribution in [1.82, 2.24) is 20.2 Å². The summed E-state index contributed by atoms with van der Waals surface area (Å²) >= 11 is 1.58. The van der Waals surface area contributed by atoms with Crippen LogP contribution < -0.4 is 22.5 Å². The highest BCUT2D eigenvalue weighted by atomic mass is 32.2. The number of thioether (sulfide) groups is 1. The monoisotopic (exact) mass is 302 g/mol. The minimum absolute atomic E-state index is 0.395. The molecule has 2 aromatic heterocycles. The molecule has 0 saturated carbocycles. The van der Waals surface area contributed by atoms with Crippen LogP contribution in [-0.2, 0) is 5.75 Å². The SMILES string of the molecule is NNc1nnc(NN)c2[nH]c(SCc3ccccc3)nc12. The highest BCUT2D eigenvalue weighted by molar-refractivity contribution is 7.98. The maximum absolute atomic E-state index is 5.42. The van der Waals surface area contributed by atoms with Crippen LogP contribution in [0.5, 0.6) is 0 Å². The van der Waals surface area contributed by atoms with Gasteiger partial charge in [-0.1, -0.05) is 42.1 Å². The summed E-state index contributed by atoms with van der Waals surface area (Å²) in [6, 6.07) is 10.1. The largest absolute Gasteiger partial charge is 0.330 e. The molecule has 0 bridgehead atoms. The lowest BCUT2D eigenvalue weighted by Crippen LogP contribution is -2.13. The molecule has 0 spiro atoms. The number of anilines is 2. The molecule has 21 heavy (non-hydrogen) atoms. The molecule has 1 aromatic carbocycles. The van der Waals surface area contributed by atoms with Crippen LogP contribution in [0.1, 0.15) is 5.56 Å². The number of nitrogens with one attached hydrogen (secondary N) is 3. The zero-order valence-electron chi connectivity index (χ0n) is 11.0. The molecule has 0 unspecified atom stereocenters. The Labute approximate surface area is 124 Å². The molecule has 3 aromatic rings. The number of nitrogens with two attached hydrogens (primary N) is 2. The molecule has 0 radical (unpaired) electrons. The van der Waals surface area contributed by atoms with Gasteiger partial charge >= 0.3 is 0 Å². The van der Waals surface area contributed by atoms with Crippen molar-refractivity contribution >= 4 is 34.4 Å². The number of fused-ring (bicyclic) bond motifs is 1. The van der Waals surface area contributed by atoms with Crippen LogP contribution in [0, 0.1) is 0 Å². The van der Waals surface area contributed by atoms with Gasteiger partial charge in [0.1, 0.15) is 11.0 Å². The Balaban J connectivity index is 1.90. The molecule has 0 amide bonds. The van der Waals surface area contributed by atoms with E-state index in [4.69, 9.17) is 11.7 Å². The standard InChI is InChI=1S/C12H14N8S/c13-17-10-8-9(11(18-14)20-19-10)16-12(15-8)21-6-7-4-2-1-3-5-7/h1-5H,6,13-14H2,(H,15,16)(H,17,19)(H,18,20). The maximum atomic E-state index is 5.42. The van der Waals surface area contributed by atoms with Gasteiger partial charge in [0.05, 0.1) is 0 Å². The predicted octanol–water partition coefficient (Wildman–Crippen LogP) is 1.22. The zero-order valence-corrected chi connectivity index (χ0v) is 11.8. The van der Waals surface area contributed by atoms with Crippen molar-refractivity contribution in [3.63, 3.8) is 0 Å². The summed E-state index contributed by atoms with van der Waals surface area (Å²) in [7, 11) is 0. The molecule has 8 nitrogen and oxygen atoms in total. The van der Waals surface area contributed by atoms with Gasteiger partial charge in [-0.2, -0.15) is 0 Å². The number of hydrogen-bond donors (Lipinski definition) is 5. The lowest BCUT2D eigenvalue weighted by Gasteiger charge is -2.01. The molecule has 2 heterocycles. The van der Waals surface area contributed by atoms with E-state index in [0.717, 1.165) is 10.9 Å². The summed E-state index contributed by atoms with van der Waals surface area (Å²) in [6.45, 7) is 0. The number of benzene rings is 1. The molecule has 0 saturated heterocycles. The van der Waals surface area contributed by atoms with E-state index in [2.05, 4.69) is 43.1 Å². The summed E-state index contributed by atoms with van der Waals surface area (Å²) in [5, 5.41) is 8.57. The number of aromatic amines is 1. The maximum Gasteiger partial charge on any atom is 0.191 e. The first-order valence-electron chi connectivity index (χ1n) is 6.18. The second-order valence-electron chi connectivity index (χ2n) is 4.23. The fourth-order valence-electron chi connectivity index (χ4n) is 1.88. The topological polar surface area (TPSA) is 131 Å². The quantitative estimate of drug-likeness (QED) is 0.270. The third-order valence-electron chi connectivity index (χ3n) is 2.89. The van der Waals surface area contributed by atoms with E-state index < -0.39 is 0 Å². The van der Waals surface area contributed by atoms with Crippen LogP contribution >= 0.6 is 11.8 Å². The van der Waals surface area contributed by atoms with E-state index in [-0.39, 0.29) is 0 Å². The summed E-state index contributed by atoms with van der Waals surface area (Å²) < 4.78 is 0. The molecule has 0 aliphatic heterocycles. The predicted molar refractivity (Wildman–Crippen MR) is 83.3 cm³/mol. The van der Waals surface area contributed by atoms with E-state index in [1.807, 2.05) is 18.2 Å². The van der Waals surface area contributed by atoms with E-state index in [1.54, 1.807) is 11.8 Å². The van der Waals surface area contributed by atoms with Gasteiger partial charge in [0.15, 0.2) is 16.8 Å². The van der Waals surface area contributed by atoms with Crippen LogP contribution in [0.15, 0.2) is 35.5 Å². The average molecular weight is 302 g/mol. The third-order valence-corrected chi connectivity index (χ3v) is 3.83. The van der Waals surface area contributed by atoms with Crippen LogP contribution in [-0.4, -0.2) is 20.2 Å². The third kappa shape index (κ3) is 2.75. The van der Waals surface area contributed by atoms with Crippen LogP contribution in [0.4, 0.5) is 11.6 Å². The summed E-state index contributed by atoms with van der Waals surface area (Å²) in [5.41, 5.74) is 7.43. The van der Waals surface area contributed by atoms with Crippen molar-refractivity contribution in [3.8, 4) is 0 Å². The Kier molecular flexibility index (Phi) is 3.86. The second kappa shape index (κ2) is 5.95. The Bertz CT molecular complexity index is 701. The normalized spacial score (nSPS) is 10.8. The number of H-pyrrole nitrogens is 1. The van der Waals surface area contributed by atoms with Crippen LogP contribution in [0.2, 0.25) is 0 Å². The van der Waals surface area contributed by atoms with Crippen molar-refractivity contribution < 1.29 is 0 Å². The number of rotatable bonds is 5. The Morgan fingerprint density at radius 1 is 1.05 bits per heavy atom. The minimum Gasteiger partial charge on any atom is -0.330 e. The highest BCUT2D eigenvalue weighted by Gasteiger charge is 2.13. The lowest BCUT2D eigenvalue weighted by atomic mass is 10.2. The molecule has 0 atom stereocenters. The molecule has 9 heteroatoms. The molecular formula is C12H14N8S. The molecule has 3 rings (SSSR count).